The van der Waals surface area contributed by atoms with Crippen LogP contribution in [0.4, 0.5) is 0 Å². The third kappa shape index (κ3) is 3.68. The molecule has 0 aliphatic heterocycles. The Bertz CT molecular complexity index is 526. The van der Waals surface area contributed by atoms with Crippen molar-refractivity contribution in [3.63, 3.8) is 0 Å². The molecule has 0 aliphatic carbocycles. The summed E-state index contributed by atoms with van der Waals surface area (Å²) in [5, 5.41) is 10.8. The van der Waals surface area contributed by atoms with Crippen molar-refractivity contribution in [2.45, 2.75) is 32.9 Å². The fourth-order valence-corrected chi connectivity index (χ4v) is 2.01. The quantitative estimate of drug-likeness (QED) is 0.907. The minimum Gasteiger partial charge on any atom is -0.306 e. The molecule has 96 valence electrons. The summed E-state index contributed by atoms with van der Waals surface area (Å²) >= 11 is 3.47. The molecule has 0 saturated heterocycles. The van der Waals surface area contributed by atoms with Crippen LogP contribution in [0.25, 0.3) is 11.3 Å². The number of rotatable bonds is 3. The summed E-state index contributed by atoms with van der Waals surface area (Å²) in [6.45, 7) is 7.25. The predicted molar refractivity (Wildman–Crippen MR) is 78.3 cm³/mol. The van der Waals surface area contributed by atoms with Gasteiger partial charge in [0.1, 0.15) is 0 Å². The van der Waals surface area contributed by atoms with Crippen molar-refractivity contribution in [1.29, 1.82) is 0 Å². The number of aromatic nitrogens is 2. The Morgan fingerprint density at radius 2 is 2.06 bits per heavy atom. The van der Waals surface area contributed by atoms with Gasteiger partial charge in [-0.2, -0.15) is 5.10 Å². The molecule has 0 atom stereocenters. The highest BCUT2D eigenvalue weighted by Gasteiger charge is 2.10. The summed E-state index contributed by atoms with van der Waals surface area (Å²) in [6.07, 6.45) is 0. The molecule has 0 fully saturated rings. The van der Waals surface area contributed by atoms with Crippen molar-refractivity contribution in [2.24, 2.45) is 0 Å². The molecule has 1 heterocycles. The Hall–Kier alpha value is -1.13. The van der Waals surface area contributed by atoms with Gasteiger partial charge in [-0.05, 0) is 39.0 Å². The van der Waals surface area contributed by atoms with Crippen LogP contribution in [0.1, 0.15) is 26.5 Å². The van der Waals surface area contributed by atoms with Crippen molar-refractivity contribution in [2.75, 3.05) is 0 Å². The molecule has 1 aromatic heterocycles. The van der Waals surface area contributed by atoms with E-state index in [0.29, 0.717) is 0 Å². The first-order chi connectivity index (χ1) is 8.44. The predicted octanol–water partition coefficient (Wildman–Crippen LogP) is 3.73. The van der Waals surface area contributed by atoms with E-state index in [0.717, 1.165) is 28.0 Å². The molecule has 0 aliphatic rings. The zero-order valence-electron chi connectivity index (χ0n) is 10.9. The van der Waals surface area contributed by atoms with Crippen LogP contribution in [0.2, 0.25) is 0 Å². The summed E-state index contributed by atoms with van der Waals surface area (Å²) in [4.78, 5) is 0. The monoisotopic (exact) mass is 307 g/mol. The van der Waals surface area contributed by atoms with E-state index in [4.69, 9.17) is 0 Å². The van der Waals surface area contributed by atoms with Gasteiger partial charge in [0.2, 0.25) is 0 Å². The zero-order chi connectivity index (χ0) is 13.2. The fraction of sp³-hybridized carbons (Fsp3) is 0.357. The molecule has 0 amide bonds. The Labute approximate surface area is 116 Å². The maximum absolute atomic E-state index is 4.34. The number of H-pyrrole nitrogens is 1. The molecule has 0 radical (unpaired) electrons. The summed E-state index contributed by atoms with van der Waals surface area (Å²) in [7, 11) is 0. The normalized spacial score (nSPS) is 11.8. The molecule has 18 heavy (non-hydrogen) atoms. The van der Waals surface area contributed by atoms with E-state index in [-0.39, 0.29) is 5.54 Å². The van der Waals surface area contributed by atoms with Crippen LogP contribution in [0, 0.1) is 0 Å². The van der Waals surface area contributed by atoms with Crippen LogP contribution < -0.4 is 5.32 Å². The van der Waals surface area contributed by atoms with Gasteiger partial charge in [0.05, 0.1) is 5.69 Å². The molecule has 2 N–H and O–H groups in total. The van der Waals surface area contributed by atoms with Gasteiger partial charge in [0.15, 0.2) is 0 Å². The topological polar surface area (TPSA) is 40.7 Å². The average Bonchev–Trinajstić information content (AvgIpc) is 2.74. The minimum absolute atomic E-state index is 0.112. The summed E-state index contributed by atoms with van der Waals surface area (Å²) in [5.41, 5.74) is 3.30. The largest absolute Gasteiger partial charge is 0.306 e. The maximum atomic E-state index is 4.34. The molecule has 0 saturated carbocycles. The van der Waals surface area contributed by atoms with E-state index in [1.54, 1.807) is 0 Å². The minimum atomic E-state index is 0.112. The number of benzene rings is 1. The van der Waals surface area contributed by atoms with Crippen LogP contribution in [0.15, 0.2) is 34.8 Å². The molecule has 0 spiro atoms. The van der Waals surface area contributed by atoms with E-state index in [2.05, 4.69) is 70.4 Å². The molecule has 3 nitrogen and oxygen atoms in total. The Kier molecular flexibility index (Phi) is 3.88. The summed E-state index contributed by atoms with van der Waals surface area (Å²) < 4.78 is 1.07. The summed E-state index contributed by atoms with van der Waals surface area (Å²) in [5.74, 6) is 0. The standard InChI is InChI=1S/C14H18BrN3/c1-14(2,3)16-9-12-8-13(18-17-12)10-5-4-6-11(15)7-10/h4-8,16H,9H2,1-3H3,(H,17,18). The molecule has 1 aromatic carbocycles. The SMILES string of the molecule is CC(C)(C)NCc1cc(-c2cccc(Br)c2)n[nH]1. The maximum Gasteiger partial charge on any atom is 0.0924 e. The lowest BCUT2D eigenvalue weighted by molar-refractivity contribution is 0.421. The molecule has 2 aromatic rings. The number of nitrogens with one attached hydrogen (secondary N) is 2. The van der Waals surface area contributed by atoms with Crippen LogP contribution in [0.3, 0.4) is 0 Å². The van der Waals surface area contributed by atoms with Crippen molar-refractivity contribution in [3.8, 4) is 11.3 Å². The third-order valence-corrected chi connectivity index (χ3v) is 3.05. The van der Waals surface area contributed by atoms with Crippen LogP contribution >= 0.6 is 15.9 Å². The first-order valence-corrected chi connectivity index (χ1v) is 6.79. The summed E-state index contributed by atoms with van der Waals surface area (Å²) in [6, 6.07) is 10.2. The Morgan fingerprint density at radius 3 is 2.72 bits per heavy atom. The van der Waals surface area contributed by atoms with Gasteiger partial charge in [0, 0.05) is 27.8 Å². The lowest BCUT2D eigenvalue weighted by Gasteiger charge is -2.19. The lowest BCUT2D eigenvalue weighted by atomic mass is 10.1. The second kappa shape index (κ2) is 5.24. The number of nitrogens with zero attached hydrogens (tertiary/aromatic N) is 1. The highest BCUT2D eigenvalue weighted by molar-refractivity contribution is 9.10. The molecular weight excluding hydrogens is 290 g/mol. The van der Waals surface area contributed by atoms with Crippen molar-refractivity contribution in [3.05, 3.63) is 40.5 Å². The Balaban J connectivity index is 2.11. The molecule has 0 bridgehead atoms. The highest BCUT2D eigenvalue weighted by Crippen LogP contribution is 2.21. The van der Waals surface area contributed by atoms with Crippen LogP contribution in [-0.4, -0.2) is 15.7 Å². The van der Waals surface area contributed by atoms with Gasteiger partial charge in [0.25, 0.3) is 0 Å². The van der Waals surface area contributed by atoms with E-state index in [9.17, 15) is 0 Å². The smallest absolute Gasteiger partial charge is 0.0924 e. The van der Waals surface area contributed by atoms with E-state index in [1.807, 2.05) is 12.1 Å². The molecule has 4 heteroatoms. The second-order valence-electron chi connectivity index (χ2n) is 5.39. The van der Waals surface area contributed by atoms with Gasteiger partial charge >= 0.3 is 0 Å². The number of aromatic amines is 1. The van der Waals surface area contributed by atoms with E-state index < -0.39 is 0 Å². The number of hydrogen-bond donors (Lipinski definition) is 2. The molecule has 0 unspecified atom stereocenters. The van der Waals surface area contributed by atoms with Gasteiger partial charge < -0.3 is 5.32 Å². The first-order valence-electron chi connectivity index (χ1n) is 5.99. The first kappa shape index (κ1) is 13.3. The zero-order valence-corrected chi connectivity index (χ0v) is 12.5. The van der Waals surface area contributed by atoms with E-state index in [1.165, 1.54) is 0 Å². The number of hydrogen-bond acceptors (Lipinski definition) is 2. The van der Waals surface area contributed by atoms with Gasteiger partial charge in [-0.15, -0.1) is 0 Å². The van der Waals surface area contributed by atoms with Crippen molar-refractivity contribution >= 4 is 15.9 Å². The van der Waals surface area contributed by atoms with Crippen molar-refractivity contribution < 1.29 is 0 Å². The molecular formula is C14H18BrN3. The third-order valence-electron chi connectivity index (χ3n) is 2.56. The number of halogens is 1. The van der Waals surface area contributed by atoms with Crippen LogP contribution in [0.5, 0.6) is 0 Å². The Morgan fingerprint density at radius 1 is 1.28 bits per heavy atom. The lowest BCUT2D eigenvalue weighted by Crippen LogP contribution is -2.35. The van der Waals surface area contributed by atoms with Crippen molar-refractivity contribution in [1.82, 2.24) is 15.5 Å². The highest BCUT2D eigenvalue weighted by atomic mass is 79.9. The van der Waals surface area contributed by atoms with Gasteiger partial charge in [-0.1, -0.05) is 28.1 Å². The van der Waals surface area contributed by atoms with E-state index >= 15 is 0 Å². The van der Waals surface area contributed by atoms with Gasteiger partial charge in [-0.3, -0.25) is 5.10 Å². The molecule has 2 rings (SSSR count). The van der Waals surface area contributed by atoms with Crippen LogP contribution in [-0.2, 0) is 6.54 Å². The van der Waals surface area contributed by atoms with Gasteiger partial charge in [-0.25, -0.2) is 0 Å². The fourth-order valence-electron chi connectivity index (χ4n) is 1.61. The average molecular weight is 308 g/mol. The second-order valence-corrected chi connectivity index (χ2v) is 6.31.